The molecule has 8 nitrogen and oxygen atoms in total. The molecule has 2 aliphatic rings. The van der Waals surface area contributed by atoms with E-state index in [2.05, 4.69) is 46.1 Å². The van der Waals surface area contributed by atoms with E-state index < -0.39 is 5.41 Å². The van der Waals surface area contributed by atoms with Crippen LogP contribution >= 0.6 is 0 Å². The second-order valence-corrected chi connectivity index (χ2v) is 10.2. The first-order valence-electron chi connectivity index (χ1n) is 12.7. The number of benzene rings is 1. The van der Waals surface area contributed by atoms with E-state index in [0.29, 0.717) is 12.4 Å². The predicted molar refractivity (Wildman–Crippen MR) is 141 cm³/mol. The van der Waals surface area contributed by atoms with Crippen LogP contribution in [0.1, 0.15) is 62.6 Å². The summed E-state index contributed by atoms with van der Waals surface area (Å²) in [7, 11) is 0. The van der Waals surface area contributed by atoms with Gasteiger partial charge in [-0.1, -0.05) is 11.2 Å². The summed E-state index contributed by atoms with van der Waals surface area (Å²) < 4.78 is 6.38. The number of anilines is 1. The number of hydrogen-bond acceptors (Lipinski definition) is 8. The number of aryl methyl sites for hydroxylation is 1. The average molecular weight is 487 g/mol. The molecule has 0 radical (unpaired) electrons. The van der Waals surface area contributed by atoms with Crippen LogP contribution in [0.2, 0.25) is 0 Å². The Labute approximate surface area is 212 Å². The maximum absolute atomic E-state index is 6.38. The molecule has 3 aromatic rings. The normalized spacial score (nSPS) is 21.5. The highest BCUT2D eigenvalue weighted by molar-refractivity contribution is 6.15. The van der Waals surface area contributed by atoms with Crippen LogP contribution in [0.25, 0.3) is 11.3 Å². The van der Waals surface area contributed by atoms with Crippen LogP contribution in [0.5, 0.6) is 5.75 Å². The van der Waals surface area contributed by atoms with E-state index in [1.165, 1.54) is 11.9 Å². The van der Waals surface area contributed by atoms with Gasteiger partial charge >= 0.3 is 0 Å². The van der Waals surface area contributed by atoms with Crippen LogP contribution in [-0.2, 0) is 16.7 Å². The summed E-state index contributed by atoms with van der Waals surface area (Å²) in [6.45, 7) is 4.67. The van der Waals surface area contributed by atoms with Crippen LogP contribution in [0.4, 0.5) is 5.82 Å². The molecule has 4 N–H and O–H groups in total. The third-order valence-electron chi connectivity index (χ3n) is 7.20. The first-order chi connectivity index (χ1) is 17.4. The molecule has 0 unspecified atom stereocenters. The van der Waals surface area contributed by atoms with Crippen LogP contribution in [0.15, 0.2) is 54.2 Å². The number of aromatic nitrogens is 3. The molecule has 0 aliphatic heterocycles. The molecule has 1 saturated carbocycles. The second-order valence-electron chi connectivity index (χ2n) is 10.2. The molecule has 188 valence electrons. The van der Waals surface area contributed by atoms with Crippen molar-refractivity contribution in [3.05, 3.63) is 65.7 Å². The molecule has 36 heavy (non-hydrogen) atoms. The van der Waals surface area contributed by atoms with Gasteiger partial charge in [0.25, 0.3) is 0 Å². The summed E-state index contributed by atoms with van der Waals surface area (Å²) in [6.07, 6.45) is 11.0. The Morgan fingerprint density at radius 3 is 2.69 bits per heavy atom. The number of nitrogens with zero attached hydrogens (tertiary/aromatic N) is 4. The SMILES string of the molecule is CC1(C)/C(=N/OCCCc2cccnc2)c2cc(OC3CCC(N)CC3)ccc2-c2ncnc(N)c21. The fraction of sp³-hybridized carbons (Fsp3) is 0.429. The van der Waals surface area contributed by atoms with Gasteiger partial charge in [0.1, 0.15) is 24.5 Å². The Hall–Kier alpha value is -3.52. The van der Waals surface area contributed by atoms with E-state index in [0.717, 1.165) is 72.4 Å². The summed E-state index contributed by atoms with van der Waals surface area (Å²) in [5, 5.41) is 4.66. The minimum atomic E-state index is -0.548. The van der Waals surface area contributed by atoms with Crippen molar-refractivity contribution >= 4 is 11.5 Å². The highest BCUT2D eigenvalue weighted by atomic mass is 16.6. The van der Waals surface area contributed by atoms with Crippen molar-refractivity contribution in [2.75, 3.05) is 12.3 Å². The van der Waals surface area contributed by atoms with Gasteiger partial charge in [-0.25, -0.2) is 9.97 Å². The standard InChI is InChI=1S/C28H34N6O2/c1-28(2)24-25(32-17-33-27(24)30)22-12-11-21(36-20-9-7-19(29)8-10-20)15-23(22)26(28)34-35-14-4-6-18-5-3-13-31-16-18/h3,5,11-13,15-17,19-20H,4,6-10,14,29H2,1-2H3,(H2,30,32,33)/b34-26+. The summed E-state index contributed by atoms with van der Waals surface area (Å²) in [4.78, 5) is 18.9. The number of ether oxygens (including phenoxy) is 1. The summed E-state index contributed by atoms with van der Waals surface area (Å²) in [5.41, 5.74) is 17.5. The van der Waals surface area contributed by atoms with Crippen molar-refractivity contribution in [1.82, 2.24) is 15.0 Å². The van der Waals surface area contributed by atoms with Gasteiger partial charge in [-0.15, -0.1) is 0 Å². The number of pyridine rings is 1. The molecule has 1 aromatic carbocycles. The maximum Gasteiger partial charge on any atom is 0.131 e. The fourth-order valence-corrected chi connectivity index (χ4v) is 5.23. The summed E-state index contributed by atoms with van der Waals surface area (Å²) in [5.74, 6) is 1.28. The topological polar surface area (TPSA) is 122 Å². The van der Waals surface area contributed by atoms with Gasteiger partial charge in [-0.05, 0) is 82.2 Å². The maximum atomic E-state index is 6.38. The summed E-state index contributed by atoms with van der Waals surface area (Å²) >= 11 is 0. The molecule has 1 fully saturated rings. The minimum absolute atomic E-state index is 0.175. The van der Waals surface area contributed by atoms with Crippen LogP contribution in [0, 0.1) is 0 Å². The van der Waals surface area contributed by atoms with Gasteiger partial charge in [0.05, 0.1) is 17.5 Å². The van der Waals surface area contributed by atoms with E-state index >= 15 is 0 Å². The van der Waals surface area contributed by atoms with Gasteiger partial charge in [0.2, 0.25) is 0 Å². The zero-order valence-electron chi connectivity index (χ0n) is 21.0. The lowest BCUT2D eigenvalue weighted by Crippen LogP contribution is -2.36. The van der Waals surface area contributed by atoms with Gasteiger partial charge in [-0.3, -0.25) is 4.98 Å². The van der Waals surface area contributed by atoms with Gasteiger partial charge < -0.3 is 21.0 Å². The van der Waals surface area contributed by atoms with Crippen LogP contribution < -0.4 is 16.2 Å². The van der Waals surface area contributed by atoms with Crippen molar-refractivity contribution in [2.24, 2.45) is 10.9 Å². The predicted octanol–water partition coefficient (Wildman–Crippen LogP) is 4.41. The minimum Gasteiger partial charge on any atom is -0.490 e. The monoisotopic (exact) mass is 486 g/mol. The molecule has 8 heteroatoms. The van der Waals surface area contributed by atoms with Gasteiger partial charge in [0, 0.05) is 40.5 Å². The number of oxime groups is 1. The Kier molecular flexibility index (Phi) is 6.87. The van der Waals surface area contributed by atoms with Crippen molar-refractivity contribution in [3.63, 3.8) is 0 Å². The second kappa shape index (κ2) is 10.2. The van der Waals surface area contributed by atoms with E-state index in [9.17, 15) is 0 Å². The smallest absolute Gasteiger partial charge is 0.131 e. The third kappa shape index (κ3) is 4.91. The average Bonchev–Trinajstić information content (AvgIpc) is 2.87. The quantitative estimate of drug-likeness (QED) is 0.375. The molecule has 2 aliphatic carbocycles. The molecule has 0 amide bonds. The molecule has 0 spiro atoms. The van der Waals surface area contributed by atoms with Gasteiger partial charge in [-0.2, -0.15) is 0 Å². The molecule has 0 atom stereocenters. The molecule has 2 aromatic heterocycles. The Morgan fingerprint density at radius 1 is 1.08 bits per heavy atom. The number of fused-ring (bicyclic) bond motifs is 3. The summed E-state index contributed by atoms with van der Waals surface area (Å²) in [6, 6.07) is 10.4. The lowest BCUT2D eigenvalue weighted by molar-refractivity contribution is 0.140. The molecule has 2 heterocycles. The van der Waals surface area contributed by atoms with E-state index in [4.69, 9.17) is 21.0 Å². The molecular weight excluding hydrogens is 452 g/mol. The first kappa shape index (κ1) is 24.2. The number of nitrogens with two attached hydrogens (primary N) is 2. The molecular formula is C28H34N6O2. The zero-order chi connectivity index (χ0) is 25.1. The van der Waals surface area contributed by atoms with E-state index in [1.807, 2.05) is 24.4 Å². The number of nitrogen functional groups attached to an aromatic ring is 1. The highest BCUT2D eigenvalue weighted by Crippen LogP contribution is 2.45. The van der Waals surface area contributed by atoms with Crippen molar-refractivity contribution < 1.29 is 9.57 Å². The van der Waals surface area contributed by atoms with Crippen LogP contribution in [-0.4, -0.2) is 39.4 Å². The Balaban J connectivity index is 1.42. The Bertz CT molecular complexity index is 1240. The third-order valence-corrected chi connectivity index (χ3v) is 7.20. The molecule has 0 bridgehead atoms. The number of hydrogen-bond donors (Lipinski definition) is 2. The van der Waals surface area contributed by atoms with Crippen molar-refractivity contribution in [1.29, 1.82) is 0 Å². The molecule has 0 saturated heterocycles. The fourth-order valence-electron chi connectivity index (χ4n) is 5.23. The Morgan fingerprint density at radius 2 is 1.92 bits per heavy atom. The van der Waals surface area contributed by atoms with Gasteiger partial charge in [0.15, 0.2) is 0 Å². The van der Waals surface area contributed by atoms with E-state index in [1.54, 1.807) is 6.20 Å². The highest BCUT2D eigenvalue weighted by Gasteiger charge is 2.41. The van der Waals surface area contributed by atoms with Crippen molar-refractivity contribution in [2.45, 2.75) is 69.9 Å². The number of rotatable bonds is 7. The first-order valence-corrected chi connectivity index (χ1v) is 12.7. The largest absolute Gasteiger partial charge is 0.490 e. The van der Waals surface area contributed by atoms with Crippen LogP contribution in [0.3, 0.4) is 0 Å². The van der Waals surface area contributed by atoms with E-state index in [-0.39, 0.29) is 12.1 Å². The molecule has 5 rings (SSSR count). The van der Waals surface area contributed by atoms with Crippen molar-refractivity contribution in [3.8, 4) is 17.0 Å². The lowest BCUT2D eigenvalue weighted by atomic mass is 9.70. The zero-order valence-corrected chi connectivity index (χ0v) is 21.0. The lowest BCUT2D eigenvalue weighted by Gasteiger charge is -2.35.